The summed E-state index contributed by atoms with van der Waals surface area (Å²) in [4.78, 5) is 17.7. The summed E-state index contributed by atoms with van der Waals surface area (Å²) in [6.07, 6.45) is 9.40. The van der Waals surface area contributed by atoms with Crippen molar-refractivity contribution in [3.05, 3.63) is 23.9 Å². The number of anilines is 1. The first-order valence-electron chi connectivity index (χ1n) is 7.11. The van der Waals surface area contributed by atoms with Crippen molar-refractivity contribution in [1.82, 2.24) is 9.88 Å². The van der Waals surface area contributed by atoms with Crippen LogP contribution in [0, 0.1) is 0 Å². The molecule has 0 aliphatic heterocycles. The molecule has 0 unspecified atom stereocenters. The van der Waals surface area contributed by atoms with Crippen molar-refractivity contribution >= 4 is 11.7 Å². The van der Waals surface area contributed by atoms with E-state index in [2.05, 4.69) is 10.3 Å². The lowest BCUT2D eigenvalue weighted by Gasteiger charge is -2.17. The maximum Gasteiger partial charge on any atom is 0.254 e. The van der Waals surface area contributed by atoms with Crippen LogP contribution < -0.4 is 5.32 Å². The summed E-state index contributed by atoms with van der Waals surface area (Å²) >= 11 is 0. The zero-order valence-electron chi connectivity index (χ0n) is 11.9. The molecular formula is C15H23N3O. The zero-order valence-corrected chi connectivity index (χ0v) is 11.9. The van der Waals surface area contributed by atoms with Crippen LogP contribution in [0.1, 0.15) is 48.9 Å². The molecule has 0 radical (unpaired) electrons. The van der Waals surface area contributed by atoms with Crippen LogP contribution in [0.25, 0.3) is 0 Å². The first-order chi connectivity index (χ1) is 9.16. The Bertz CT molecular complexity index is 406. The molecule has 1 heterocycles. The number of pyridine rings is 1. The van der Waals surface area contributed by atoms with Gasteiger partial charge in [-0.1, -0.05) is 25.7 Å². The SMILES string of the molecule is CN(C)C(=O)c1ccc(NC2CCCCCC2)nc1. The highest BCUT2D eigenvalue weighted by atomic mass is 16.2. The predicted octanol–water partition coefficient (Wildman–Crippen LogP) is 2.92. The minimum Gasteiger partial charge on any atom is -0.367 e. The van der Waals surface area contributed by atoms with E-state index >= 15 is 0 Å². The first kappa shape index (κ1) is 13.8. The maximum absolute atomic E-state index is 11.8. The average molecular weight is 261 g/mol. The van der Waals surface area contributed by atoms with E-state index in [-0.39, 0.29) is 5.91 Å². The van der Waals surface area contributed by atoms with Gasteiger partial charge in [-0.2, -0.15) is 0 Å². The Morgan fingerprint density at radius 3 is 2.42 bits per heavy atom. The van der Waals surface area contributed by atoms with Crippen molar-refractivity contribution in [2.45, 2.75) is 44.6 Å². The molecule has 4 heteroatoms. The average Bonchev–Trinajstić information content (AvgIpc) is 2.67. The van der Waals surface area contributed by atoms with Crippen molar-refractivity contribution in [3.8, 4) is 0 Å². The lowest BCUT2D eigenvalue weighted by Crippen LogP contribution is -2.22. The number of carbonyl (C=O) groups excluding carboxylic acids is 1. The molecule has 0 bridgehead atoms. The highest BCUT2D eigenvalue weighted by molar-refractivity contribution is 5.93. The highest BCUT2D eigenvalue weighted by Crippen LogP contribution is 2.20. The summed E-state index contributed by atoms with van der Waals surface area (Å²) in [5, 5.41) is 3.48. The van der Waals surface area contributed by atoms with Gasteiger partial charge in [0.2, 0.25) is 0 Å². The Balaban J connectivity index is 1.96. The summed E-state index contributed by atoms with van der Waals surface area (Å²) in [5.41, 5.74) is 0.636. The molecule has 104 valence electrons. The molecule has 1 saturated carbocycles. The fourth-order valence-electron chi connectivity index (χ4n) is 2.50. The monoisotopic (exact) mass is 261 g/mol. The smallest absolute Gasteiger partial charge is 0.254 e. The van der Waals surface area contributed by atoms with Gasteiger partial charge in [-0.25, -0.2) is 4.98 Å². The third-order valence-electron chi connectivity index (χ3n) is 3.62. The number of amides is 1. The molecule has 1 fully saturated rings. The lowest BCUT2D eigenvalue weighted by atomic mass is 10.1. The van der Waals surface area contributed by atoms with Crippen molar-refractivity contribution in [2.75, 3.05) is 19.4 Å². The molecule has 19 heavy (non-hydrogen) atoms. The van der Waals surface area contributed by atoms with Crippen molar-refractivity contribution in [1.29, 1.82) is 0 Å². The molecule has 0 spiro atoms. The van der Waals surface area contributed by atoms with E-state index in [1.807, 2.05) is 12.1 Å². The van der Waals surface area contributed by atoms with Gasteiger partial charge in [0.05, 0.1) is 5.56 Å². The molecule has 1 aromatic heterocycles. The predicted molar refractivity (Wildman–Crippen MR) is 77.4 cm³/mol. The van der Waals surface area contributed by atoms with Crippen LogP contribution in [0.2, 0.25) is 0 Å². The minimum absolute atomic E-state index is 0.00600. The van der Waals surface area contributed by atoms with Crippen LogP contribution in [0.5, 0.6) is 0 Å². The van der Waals surface area contributed by atoms with E-state index in [1.54, 1.807) is 25.2 Å². The molecule has 4 nitrogen and oxygen atoms in total. The standard InChI is InChI=1S/C15H23N3O/c1-18(2)15(19)12-9-10-14(16-11-12)17-13-7-5-3-4-6-8-13/h9-11,13H,3-8H2,1-2H3,(H,16,17). The van der Waals surface area contributed by atoms with Gasteiger partial charge < -0.3 is 10.2 Å². The van der Waals surface area contributed by atoms with Crippen LogP contribution >= 0.6 is 0 Å². The van der Waals surface area contributed by atoms with E-state index in [0.29, 0.717) is 11.6 Å². The summed E-state index contributed by atoms with van der Waals surface area (Å²) in [7, 11) is 3.50. The summed E-state index contributed by atoms with van der Waals surface area (Å²) in [6.45, 7) is 0. The topological polar surface area (TPSA) is 45.2 Å². The van der Waals surface area contributed by atoms with Crippen LogP contribution in [0.15, 0.2) is 18.3 Å². The lowest BCUT2D eigenvalue weighted by molar-refractivity contribution is 0.0827. The van der Waals surface area contributed by atoms with Crippen LogP contribution in [0.4, 0.5) is 5.82 Å². The second-order valence-corrected chi connectivity index (χ2v) is 5.46. The Kier molecular flexibility index (Phi) is 4.77. The quantitative estimate of drug-likeness (QED) is 0.851. The van der Waals surface area contributed by atoms with Crippen LogP contribution in [0.3, 0.4) is 0 Å². The summed E-state index contributed by atoms with van der Waals surface area (Å²) in [6, 6.07) is 4.28. The van der Waals surface area contributed by atoms with Gasteiger partial charge in [-0.3, -0.25) is 4.79 Å². The molecule has 1 aromatic rings. The Hall–Kier alpha value is -1.58. The number of hydrogen-bond acceptors (Lipinski definition) is 3. The van der Waals surface area contributed by atoms with Crippen LogP contribution in [-0.2, 0) is 0 Å². The Morgan fingerprint density at radius 2 is 1.89 bits per heavy atom. The van der Waals surface area contributed by atoms with Crippen molar-refractivity contribution in [3.63, 3.8) is 0 Å². The Morgan fingerprint density at radius 1 is 1.21 bits per heavy atom. The van der Waals surface area contributed by atoms with E-state index in [4.69, 9.17) is 0 Å². The van der Waals surface area contributed by atoms with Crippen molar-refractivity contribution < 1.29 is 4.79 Å². The van der Waals surface area contributed by atoms with Gasteiger partial charge in [-0.15, -0.1) is 0 Å². The number of hydrogen-bond donors (Lipinski definition) is 1. The highest BCUT2D eigenvalue weighted by Gasteiger charge is 2.13. The second-order valence-electron chi connectivity index (χ2n) is 5.46. The van der Waals surface area contributed by atoms with Gasteiger partial charge in [0, 0.05) is 26.3 Å². The molecule has 2 rings (SSSR count). The Labute approximate surface area is 115 Å². The first-order valence-corrected chi connectivity index (χ1v) is 7.11. The number of aromatic nitrogens is 1. The van der Waals surface area contributed by atoms with Gasteiger partial charge in [0.1, 0.15) is 5.82 Å². The van der Waals surface area contributed by atoms with Crippen LogP contribution in [-0.4, -0.2) is 35.9 Å². The molecular weight excluding hydrogens is 238 g/mol. The molecule has 0 aromatic carbocycles. The van der Waals surface area contributed by atoms with E-state index in [1.165, 1.54) is 38.5 Å². The number of nitrogens with one attached hydrogen (secondary N) is 1. The zero-order chi connectivity index (χ0) is 13.7. The summed E-state index contributed by atoms with van der Waals surface area (Å²) < 4.78 is 0. The molecule has 1 N–H and O–H groups in total. The molecule has 1 amide bonds. The van der Waals surface area contributed by atoms with E-state index in [9.17, 15) is 4.79 Å². The minimum atomic E-state index is -0.00600. The number of carbonyl (C=O) groups is 1. The van der Waals surface area contributed by atoms with Gasteiger partial charge in [0.15, 0.2) is 0 Å². The number of nitrogens with zero attached hydrogens (tertiary/aromatic N) is 2. The molecule has 1 aliphatic rings. The summed E-state index contributed by atoms with van der Waals surface area (Å²) in [5.74, 6) is 0.871. The normalized spacial score (nSPS) is 16.7. The second kappa shape index (κ2) is 6.55. The van der Waals surface area contributed by atoms with Crippen molar-refractivity contribution in [2.24, 2.45) is 0 Å². The molecule has 0 saturated heterocycles. The van der Waals surface area contributed by atoms with Gasteiger partial charge >= 0.3 is 0 Å². The van der Waals surface area contributed by atoms with E-state index in [0.717, 1.165) is 5.82 Å². The largest absolute Gasteiger partial charge is 0.367 e. The fourth-order valence-corrected chi connectivity index (χ4v) is 2.50. The van der Waals surface area contributed by atoms with Gasteiger partial charge in [0.25, 0.3) is 5.91 Å². The molecule has 1 aliphatic carbocycles. The van der Waals surface area contributed by atoms with E-state index < -0.39 is 0 Å². The molecule has 0 atom stereocenters. The maximum atomic E-state index is 11.8. The number of rotatable bonds is 3. The third kappa shape index (κ3) is 3.94. The van der Waals surface area contributed by atoms with Gasteiger partial charge in [-0.05, 0) is 25.0 Å². The fraction of sp³-hybridized carbons (Fsp3) is 0.600. The third-order valence-corrected chi connectivity index (χ3v) is 3.62.